The molecule has 0 saturated carbocycles. The van der Waals surface area contributed by atoms with Crippen LogP contribution < -0.4 is 5.32 Å². The third kappa shape index (κ3) is 3.94. The van der Waals surface area contributed by atoms with Crippen LogP contribution in [0, 0.1) is 0 Å². The van der Waals surface area contributed by atoms with Gasteiger partial charge in [-0.2, -0.15) is 5.10 Å². The van der Waals surface area contributed by atoms with Crippen LogP contribution in [0.25, 0.3) is 0 Å². The second kappa shape index (κ2) is 7.97. The van der Waals surface area contributed by atoms with Crippen molar-refractivity contribution in [2.75, 3.05) is 19.8 Å². The molecular weight excluding hydrogens is 330 g/mol. The topological polar surface area (TPSA) is 72.3 Å². The van der Waals surface area contributed by atoms with Crippen LogP contribution >= 0.6 is 0 Å². The second-order valence-corrected chi connectivity index (χ2v) is 7.04. The minimum atomic E-state index is 0.0501. The molecule has 2 aliphatic heterocycles. The summed E-state index contributed by atoms with van der Waals surface area (Å²) >= 11 is 0. The summed E-state index contributed by atoms with van der Waals surface area (Å²) in [6, 6.07) is 6.52. The van der Waals surface area contributed by atoms with Crippen molar-refractivity contribution < 1.29 is 9.53 Å². The molecule has 0 aliphatic carbocycles. The molecule has 0 spiro atoms. The van der Waals surface area contributed by atoms with Gasteiger partial charge in [-0.3, -0.25) is 19.4 Å². The number of fused-ring (bicyclic) bond motifs is 1. The molecule has 7 heteroatoms. The van der Waals surface area contributed by atoms with Gasteiger partial charge in [0.05, 0.1) is 18.2 Å². The molecule has 0 aromatic carbocycles. The van der Waals surface area contributed by atoms with Crippen molar-refractivity contribution in [3.63, 3.8) is 0 Å². The number of pyridine rings is 1. The van der Waals surface area contributed by atoms with E-state index in [1.807, 2.05) is 23.0 Å². The van der Waals surface area contributed by atoms with Crippen molar-refractivity contribution in [2.24, 2.45) is 0 Å². The highest BCUT2D eigenvalue weighted by Crippen LogP contribution is 2.27. The molecule has 4 heterocycles. The number of amides is 1. The summed E-state index contributed by atoms with van der Waals surface area (Å²) in [5, 5.41) is 7.47. The maximum absolute atomic E-state index is 12.5. The smallest absolute Gasteiger partial charge is 0.222 e. The zero-order valence-corrected chi connectivity index (χ0v) is 14.9. The highest BCUT2D eigenvalue weighted by Gasteiger charge is 2.31. The van der Waals surface area contributed by atoms with Crippen LogP contribution in [0.15, 0.2) is 36.8 Å². The van der Waals surface area contributed by atoms with E-state index in [1.54, 1.807) is 12.4 Å². The number of rotatable bonds is 5. The first-order valence-electron chi connectivity index (χ1n) is 9.29. The molecular formula is C19H25N5O2. The van der Waals surface area contributed by atoms with Gasteiger partial charge < -0.3 is 10.1 Å². The first kappa shape index (κ1) is 17.2. The number of carbonyl (C=O) groups excluding carboxylic acids is 1. The summed E-state index contributed by atoms with van der Waals surface area (Å²) < 4.78 is 7.52. The van der Waals surface area contributed by atoms with Crippen molar-refractivity contribution in [1.82, 2.24) is 25.0 Å². The van der Waals surface area contributed by atoms with Gasteiger partial charge in [0.2, 0.25) is 5.91 Å². The molecule has 0 radical (unpaired) electrons. The highest BCUT2D eigenvalue weighted by atomic mass is 16.5. The van der Waals surface area contributed by atoms with Gasteiger partial charge in [-0.25, -0.2) is 0 Å². The Morgan fingerprint density at radius 3 is 2.96 bits per heavy atom. The number of aromatic nitrogens is 3. The van der Waals surface area contributed by atoms with E-state index in [-0.39, 0.29) is 11.9 Å². The summed E-state index contributed by atoms with van der Waals surface area (Å²) in [4.78, 5) is 19.1. The molecule has 7 nitrogen and oxygen atoms in total. The van der Waals surface area contributed by atoms with E-state index in [9.17, 15) is 4.79 Å². The largest absolute Gasteiger partial charge is 0.381 e. The van der Waals surface area contributed by atoms with Crippen LogP contribution in [-0.2, 0) is 22.6 Å². The number of carbonyl (C=O) groups is 1. The van der Waals surface area contributed by atoms with Gasteiger partial charge in [0, 0.05) is 57.5 Å². The Balaban J connectivity index is 1.39. The lowest BCUT2D eigenvalue weighted by Gasteiger charge is -2.40. The van der Waals surface area contributed by atoms with Crippen molar-refractivity contribution in [1.29, 1.82) is 0 Å². The van der Waals surface area contributed by atoms with E-state index in [2.05, 4.69) is 26.4 Å². The maximum Gasteiger partial charge on any atom is 0.222 e. The Morgan fingerprint density at radius 1 is 1.27 bits per heavy atom. The molecule has 1 amide bonds. The molecule has 1 atom stereocenters. The first-order chi connectivity index (χ1) is 12.8. The molecule has 138 valence electrons. The fourth-order valence-electron chi connectivity index (χ4n) is 3.89. The molecule has 1 fully saturated rings. The molecule has 2 aliphatic rings. The maximum atomic E-state index is 12.5. The summed E-state index contributed by atoms with van der Waals surface area (Å²) in [5.74, 6) is 0.0501. The predicted octanol–water partition coefficient (Wildman–Crippen LogP) is 1.52. The Kier molecular flexibility index (Phi) is 5.26. The summed E-state index contributed by atoms with van der Waals surface area (Å²) in [6.07, 6.45) is 7.91. The molecule has 1 saturated heterocycles. The van der Waals surface area contributed by atoms with Gasteiger partial charge in [0.1, 0.15) is 0 Å². The van der Waals surface area contributed by atoms with Crippen LogP contribution in [-0.4, -0.2) is 51.4 Å². The number of ether oxygens (including phenoxy) is 1. The standard InChI is InChI=1S/C19H25N5O2/c25-19(21-12-15-2-1-6-20-11-15)10-18-14-23(16-4-8-26-9-5-16)13-17-3-7-22-24(17)18/h1-3,6-7,11,16,18H,4-5,8-10,12-14H2,(H,21,25). The Labute approximate surface area is 153 Å². The first-order valence-corrected chi connectivity index (χ1v) is 9.29. The van der Waals surface area contributed by atoms with Gasteiger partial charge in [-0.1, -0.05) is 6.07 Å². The quantitative estimate of drug-likeness (QED) is 0.880. The Hall–Kier alpha value is -2.25. The SMILES string of the molecule is O=C(CC1CN(C2CCOCC2)Cc2ccnn21)NCc1cccnc1. The van der Waals surface area contributed by atoms with Gasteiger partial charge in [0.25, 0.3) is 0 Å². The van der Waals surface area contributed by atoms with E-state index in [0.29, 0.717) is 19.0 Å². The van der Waals surface area contributed by atoms with E-state index in [4.69, 9.17) is 4.74 Å². The van der Waals surface area contributed by atoms with Crippen molar-refractivity contribution in [2.45, 2.75) is 44.4 Å². The molecule has 1 N–H and O–H groups in total. The second-order valence-electron chi connectivity index (χ2n) is 7.04. The number of hydrogen-bond acceptors (Lipinski definition) is 5. The third-order valence-corrected chi connectivity index (χ3v) is 5.25. The fourth-order valence-corrected chi connectivity index (χ4v) is 3.89. The molecule has 1 unspecified atom stereocenters. The minimum absolute atomic E-state index is 0.0501. The van der Waals surface area contributed by atoms with E-state index in [0.717, 1.165) is 44.7 Å². The van der Waals surface area contributed by atoms with Gasteiger partial charge in [0.15, 0.2) is 0 Å². The van der Waals surface area contributed by atoms with E-state index in [1.165, 1.54) is 5.69 Å². The molecule has 2 aromatic rings. The monoisotopic (exact) mass is 355 g/mol. The zero-order valence-electron chi connectivity index (χ0n) is 14.9. The number of hydrogen-bond donors (Lipinski definition) is 1. The lowest BCUT2D eigenvalue weighted by molar-refractivity contribution is -0.122. The van der Waals surface area contributed by atoms with E-state index < -0.39 is 0 Å². The number of nitrogens with zero attached hydrogens (tertiary/aromatic N) is 4. The van der Waals surface area contributed by atoms with Crippen LogP contribution in [0.2, 0.25) is 0 Å². The number of nitrogens with one attached hydrogen (secondary N) is 1. The van der Waals surface area contributed by atoms with Gasteiger partial charge in [-0.05, 0) is 30.5 Å². The van der Waals surface area contributed by atoms with Crippen LogP contribution in [0.5, 0.6) is 0 Å². The molecule has 0 bridgehead atoms. The molecule has 26 heavy (non-hydrogen) atoms. The van der Waals surface area contributed by atoms with Crippen LogP contribution in [0.4, 0.5) is 0 Å². The lowest BCUT2D eigenvalue weighted by Crippen LogP contribution is -2.46. The lowest BCUT2D eigenvalue weighted by atomic mass is 10.0. The van der Waals surface area contributed by atoms with Crippen LogP contribution in [0.3, 0.4) is 0 Å². The molecule has 4 rings (SSSR count). The average Bonchev–Trinajstić information content (AvgIpc) is 3.17. The highest BCUT2D eigenvalue weighted by molar-refractivity contribution is 5.76. The minimum Gasteiger partial charge on any atom is -0.381 e. The summed E-state index contributed by atoms with van der Waals surface area (Å²) in [5.41, 5.74) is 2.20. The zero-order chi connectivity index (χ0) is 17.8. The van der Waals surface area contributed by atoms with Crippen molar-refractivity contribution in [3.8, 4) is 0 Å². The average molecular weight is 355 g/mol. The molecule has 2 aromatic heterocycles. The predicted molar refractivity (Wildman–Crippen MR) is 96.2 cm³/mol. The fraction of sp³-hybridized carbons (Fsp3) is 0.526. The third-order valence-electron chi connectivity index (χ3n) is 5.25. The Morgan fingerprint density at radius 2 is 2.15 bits per heavy atom. The van der Waals surface area contributed by atoms with Crippen molar-refractivity contribution >= 4 is 5.91 Å². The van der Waals surface area contributed by atoms with Crippen molar-refractivity contribution in [3.05, 3.63) is 48.0 Å². The Bertz CT molecular complexity index is 727. The normalized spacial score (nSPS) is 21.3. The summed E-state index contributed by atoms with van der Waals surface area (Å²) in [6.45, 7) is 3.93. The van der Waals surface area contributed by atoms with Gasteiger partial charge >= 0.3 is 0 Å². The van der Waals surface area contributed by atoms with E-state index >= 15 is 0 Å². The summed E-state index contributed by atoms with van der Waals surface area (Å²) in [7, 11) is 0. The van der Waals surface area contributed by atoms with Gasteiger partial charge in [-0.15, -0.1) is 0 Å². The van der Waals surface area contributed by atoms with Crippen LogP contribution in [0.1, 0.15) is 36.6 Å².